The van der Waals surface area contributed by atoms with Crippen LogP contribution >= 0.6 is 11.8 Å². The van der Waals surface area contributed by atoms with Gasteiger partial charge in [0.05, 0.1) is 5.57 Å². The molecule has 0 aromatic heterocycles. The molecular weight excluding hydrogens is 248 g/mol. The number of aliphatic imine (C=N–C) groups is 1. The molecular formula is C12H12N4OS. The van der Waals surface area contributed by atoms with E-state index in [-0.39, 0.29) is 11.6 Å². The third kappa shape index (κ3) is 2.13. The van der Waals surface area contributed by atoms with Crippen LogP contribution in [0.15, 0.2) is 40.7 Å². The molecule has 0 fully saturated rings. The summed E-state index contributed by atoms with van der Waals surface area (Å²) in [5.74, 6) is 0.388. The van der Waals surface area contributed by atoms with Crippen LogP contribution in [0.3, 0.4) is 0 Å². The molecule has 92 valence electrons. The lowest BCUT2D eigenvalue weighted by atomic mass is 9.98. The van der Waals surface area contributed by atoms with Gasteiger partial charge < -0.3 is 16.2 Å². The number of thioether (sulfide) groups is 1. The molecule has 0 aliphatic carbocycles. The van der Waals surface area contributed by atoms with Crippen molar-refractivity contribution >= 4 is 16.9 Å². The van der Waals surface area contributed by atoms with Crippen LogP contribution < -0.4 is 11.1 Å². The van der Waals surface area contributed by atoms with Crippen LogP contribution in [0, 0.1) is 11.3 Å². The summed E-state index contributed by atoms with van der Waals surface area (Å²) < 4.78 is 0. The maximum atomic E-state index is 9.85. The first kappa shape index (κ1) is 12.3. The molecule has 0 saturated carbocycles. The van der Waals surface area contributed by atoms with Gasteiger partial charge in [-0.1, -0.05) is 30.0 Å². The van der Waals surface area contributed by atoms with Crippen LogP contribution in [-0.2, 0) is 0 Å². The van der Waals surface area contributed by atoms with E-state index in [1.807, 2.05) is 12.3 Å². The molecule has 5 nitrogen and oxygen atoms in total. The van der Waals surface area contributed by atoms with E-state index in [4.69, 9.17) is 11.0 Å². The Morgan fingerprint density at radius 3 is 2.83 bits per heavy atom. The summed E-state index contributed by atoms with van der Waals surface area (Å²) in [7, 11) is 0. The maximum Gasteiger partial charge on any atom is 0.162 e. The van der Waals surface area contributed by atoms with E-state index >= 15 is 0 Å². The molecule has 0 spiro atoms. The number of rotatable bonds is 1. The van der Waals surface area contributed by atoms with Gasteiger partial charge in [0.1, 0.15) is 23.7 Å². The summed E-state index contributed by atoms with van der Waals surface area (Å²) >= 11 is 1.40. The predicted molar refractivity (Wildman–Crippen MR) is 71.8 cm³/mol. The standard InChI is InChI=1S/C12H12N4OS/c1-18-12-15-10(8(6-13)11(14)16-12)7-4-2-3-5-9(7)17/h2-5,10,17H,14H2,1H3,(H,15,16). The van der Waals surface area contributed by atoms with Crippen LogP contribution in [-0.4, -0.2) is 16.5 Å². The van der Waals surface area contributed by atoms with Gasteiger partial charge in [-0.05, 0) is 12.3 Å². The van der Waals surface area contributed by atoms with Gasteiger partial charge in [-0.15, -0.1) is 0 Å². The van der Waals surface area contributed by atoms with Gasteiger partial charge in [0.15, 0.2) is 5.17 Å². The zero-order chi connectivity index (χ0) is 13.1. The average molecular weight is 260 g/mol. The number of amidine groups is 1. The highest BCUT2D eigenvalue weighted by Crippen LogP contribution is 2.34. The zero-order valence-corrected chi connectivity index (χ0v) is 10.5. The minimum Gasteiger partial charge on any atom is -0.508 e. The molecule has 0 amide bonds. The van der Waals surface area contributed by atoms with Crippen LogP contribution in [0.25, 0.3) is 0 Å². The highest BCUT2D eigenvalue weighted by Gasteiger charge is 2.26. The Balaban J connectivity index is 2.52. The number of nitrogens with one attached hydrogen (secondary N) is 1. The number of phenolic OH excluding ortho intramolecular Hbond substituents is 1. The number of phenols is 1. The minimum atomic E-state index is -0.556. The third-order valence-electron chi connectivity index (χ3n) is 2.60. The fourth-order valence-corrected chi connectivity index (χ4v) is 2.14. The van der Waals surface area contributed by atoms with Crippen LogP contribution in [0.2, 0.25) is 0 Å². The van der Waals surface area contributed by atoms with Crippen molar-refractivity contribution in [2.45, 2.75) is 6.04 Å². The van der Waals surface area contributed by atoms with Crippen LogP contribution in [0.1, 0.15) is 11.6 Å². The van der Waals surface area contributed by atoms with E-state index in [0.717, 1.165) is 0 Å². The van der Waals surface area contributed by atoms with Crippen molar-refractivity contribution in [1.82, 2.24) is 5.32 Å². The van der Waals surface area contributed by atoms with E-state index in [9.17, 15) is 5.11 Å². The molecule has 0 radical (unpaired) electrons. The fourth-order valence-electron chi connectivity index (χ4n) is 1.71. The molecule has 1 aromatic carbocycles. The molecule has 6 heteroatoms. The topological polar surface area (TPSA) is 94.4 Å². The Labute approximate surface area is 109 Å². The molecule has 0 saturated heterocycles. The molecule has 1 aliphatic rings. The van der Waals surface area contributed by atoms with Crippen LogP contribution in [0.4, 0.5) is 0 Å². The fraction of sp³-hybridized carbons (Fsp3) is 0.167. The van der Waals surface area contributed by atoms with Crippen molar-refractivity contribution in [1.29, 1.82) is 5.26 Å². The van der Waals surface area contributed by atoms with Gasteiger partial charge in [-0.2, -0.15) is 5.26 Å². The second kappa shape index (κ2) is 5.02. The molecule has 1 heterocycles. The summed E-state index contributed by atoms with van der Waals surface area (Å²) in [5.41, 5.74) is 6.69. The van der Waals surface area contributed by atoms with Crippen molar-refractivity contribution in [2.75, 3.05) is 6.26 Å². The lowest BCUT2D eigenvalue weighted by Crippen LogP contribution is -2.32. The second-order valence-electron chi connectivity index (χ2n) is 3.66. The Morgan fingerprint density at radius 1 is 1.50 bits per heavy atom. The van der Waals surface area contributed by atoms with Gasteiger partial charge in [0.2, 0.25) is 0 Å². The van der Waals surface area contributed by atoms with Gasteiger partial charge in [-0.25, -0.2) is 4.99 Å². The second-order valence-corrected chi connectivity index (χ2v) is 4.46. The first-order valence-electron chi connectivity index (χ1n) is 5.23. The molecule has 2 rings (SSSR count). The normalized spacial score (nSPS) is 18.9. The quantitative estimate of drug-likeness (QED) is 0.710. The predicted octanol–water partition coefficient (Wildman–Crippen LogP) is 1.45. The van der Waals surface area contributed by atoms with E-state index in [2.05, 4.69) is 10.3 Å². The molecule has 1 aliphatic heterocycles. The number of nitrogens with zero attached hydrogens (tertiary/aromatic N) is 2. The van der Waals surface area contributed by atoms with E-state index in [1.54, 1.807) is 24.3 Å². The minimum absolute atomic E-state index is 0.106. The first-order valence-corrected chi connectivity index (χ1v) is 6.46. The maximum absolute atomic E-state index is 9.85. The van der Waals surface area contributed by atoms with Crippen LogP contribution in [0.5, 0.6) is 5.75 Å². The van der Waals surface area contributed by atoms with E-state index in [1.165, 1.54) is 11.8 Å². The summed E-state index contributed by atoms with van der Waals surface area (Å²) in [6.45, 7) is 0. The molecule has 4 N–H and O–H groups in total. The Morgan fingerprint density at radius 2 is 2.22 bits per heavy atom. The monoisotopic (exact) mass is 260 g/mol. The van der Waals surface area contributed by atoms with Crippen molar-refractivity contribution in [3.63, 3.8) is 0 Å². The highest BCUT2D eigenvalue weighted by atomic mass is 32.2. The van der Waals surface area contributed by atoms with Crippen molar-refractivity contribution in [3.8, 4) is 11.8 Å². The zero-order valence-electron chi connectivity index (χ0n) is 9.71. The number of hydrogen-bond acceptors (Lipinski definition) is 6. The number of nitriles is 1. The van der Waals surface area contributed by atoms with E-state index < -0.39 is 6.04 Å². The Kier molecular flexibility index (Phi) is 3.44. The SMILES string of the molecule is CSC1=NC(c2ccccc2O)C(C#N)=C(N)N1. The third-order valence-corrected chi connectivity index (χ3v) is 3.19. The molecule has 18 heavy (non-hydrogen) atoms. The van der Waals surface area contributed by atoms with Gasteiger partial charge in [0, 0.05) is 5.56 Å². The Hall–Kier alpha value is -2.13. The number of para-hydroxylation sites is 1. The average Bonchev–Trinajstić information content (AvgIpc) is 2.38. The van der Waals surface area contributed by atoms with Crippen molar-refractivity contribution in [3.05, 3.63) is 41.2 Å². The lowest BCUT2D eigenvalue weighted by Gasteiger charge is -2.22. The summed E-state index contributed by atoms with van der Waals surface area (Å²) in [6.07, 6.45) is 1.86. The number of aromatic hydroxyl groups is 1. The molecule has 1 aromatic rings. The number of hydrogen-bond donors (Lipinski definition) is 3. The summed E-state index contributed by atoms with van der Waals surface area (Å²) in [4.78, 5) is 4.38. The summed E-state index contributed by atoms with van der Waals surface area (Å²) in [6, 6.07) is 8.29. The van der Waals surface area contributed by atoms with Crippen molar-refractivity contribution < 1.29 is 5.11 Å². The number of nitrogens with two attached hydrogens (primary N) is 1. The van der Waals surface area contributed by atoms with Gasteiger partial charge >= 0.3 is 0 Å². The van der Waals surface area contributed by atoms with Crippen molar-refractivity contribution in [2.24, 2.45) is 10.7 Å². The summed E-state index contributed by atoms with van der Waals surface area (Å²) in [5, 5.41) is 22.5. The Bertz CT molecular complexity index is 574. The first-order chi connectivity index (χ1) is 8.67. The molecule has 1 atom stereocenters. The van der Waals surface area contributed by atoms with Gasteiger partial charge in [0.25, 0.3) is 0 Å². The highest BCUT2D eigenvalue weighted by molar-refractivity contribution is 8.13. The van der Waals surface area contributed by atoms with E-state index in [0.29, 0.717) is 16.3 Å². The number of benzene rings is 1. The largest absolute Gasteiger partial charge is 0.508 e. The van der Waals surface area contributed by atoms with Gasteiger partial charge in [-0.3, -0.25) is 0 Å². The smallest absolute Gasteiger partial charge is 0.162 e. The molecule has 0 bridgehead atoms. The molecule has 1 unspecified atom stereocenters. The lowest BCUT2D eigenvalue weighted by molar-refractivity contribution is 0.465.